The monoisotopic (exact) mass is 436 g/mol. The van der Waals surface area contributed by atoms with Gasteiger partial charge in [0.05, 0.1) is 18.4 Å². The standard InChI is InChI=1S/C27H48O4/c1-2-3-4-5-6-7-8-9-10-11-12-13-14-15-16-17-20-23-31-27(30)25-22-19-18-21-24(25)26(28)29/h2,24-25H,1,3-23H2,(H,28,29). The Balaban J connectivity index is 1.83. The fraction of sp³-hybridized carbons (Fsp3) is 0.852. The van der Waals surface area contributed by atoms with Crippen molar-refractivity contribution in [1.82, 2.24) is 0 Å². The largest absolute Gasteiger partial charge is 0.481 e. The molecule has 4 heteroatoms. The van der Waals surface area contributed by atoms with Crippen LogP contribution >= 0.6 is 0 Å². The molecule has 1 aliphatic carbocycles. The highest BCUT2D eigenvalue weighted by atomic mass is 16.5. The van der Waals surface area contributed by atoms with Crippen molar-refractivity contribution in [1.29, 1.82) is 0 Å². The molecular weight excluding hydrogens is 388 g/mol. The number of allylic oxidation sites excluding steroid dienone is 1. The van der Waals surface area contributed by atoms with E-state index in [-0.39, 0.29) is 5.97 Å². The first-order valence-corrected chi connectivity index (χ1v) is 13.2. The van der Waals surface area contributed by atoms with Gasteiger partial charge < -0.3 is 9.84 Å². The van der Waals surface area contributed by atoms with E-state index in [0.717, 1.165) is 25.7 Å². The SMILES string of the molecule is C=CCCCCCCCCCCCCCCCCCOC(=O)C1CCCCC1C(=O)O. The van der Waals surface area contributed by atoms with Gasteiger partial charge in [-0.1, -0.05) is 102 Å². The van der Waals surface area contributed by atoms with Gasteiger partial charge in [-0.15, -0.1) is 6.58 Å². The van der Waals surface area contributed by atoms with Crippen LogP contribution in [0.5, 0.6) is 0 Å². The molecule has 2 atom stereocenters. The van der Waals surface area contributed by atoms with E-state index in [0.29, 0.717) is 19.4 Å². The van der Waals surface area contributed by atoms with Crippen LogP contribution in [0.15, 0.2) is 12.7 Å². The van der Waals surface area contributed by atoms with E-state index < -0.39 is 17.8 Å². The third-order valence-corrected chi connectivity index (χ3v) is 6.68. The molecule has 1 N–H and O–H groups in total. The van der Waals surface area contributed by atoms with Crippen LogP contribution in [-0.2, 0) is 14.3 Å². The molecule has 0 aromatic rings. The summed E-state index contributed by atoms with van der Waals surface area (Å²) in [5, 5.41) is 9.27. The highest BCUT2D eigenvalue weighted by Gasteiger charge is 2.36. The number of carbonyl (C=O) groups excluding carboxylic acids is 1. The van der Waals surface area contributed by atoms with Crippen molar-refractivity contribution in [3.63, 3.8) is 0 Å². The lowest BCUT2D eigenvalue weighted by Crippen LogP contribution is -2.33. The van der Waals surface area contributed by atoms with Crippen molar-refractivity contribution in [2.45, 2.75) is 128 Å². The first-order chi connectivity index (χ1) is 15.2. The Bertz CT molecular complexity index is 474. The van der Waals surface area contributed by atoms with Gasteiger partial charge in [-0.2, -0.15) is 0 Å². The minimum atomic E-state index is -0.850. The van der Waals surface area contributed by atoms with E-state index in [4.69, 9.17) is 4.74 Å². The fourth-order valence-corrected chi connectivity index (χ4v) is 4.68. The van der Waals surface area contributed by atoms with Crippen LogP contribution in [0.4, 0.5) is 0 Å². The summed E-state index contributed by atoms with van der Waals surface area (Å²) in [6.07, 6.45) is 25.8. The maximum atomic E-state index is 12.2. The maximum Gasteiger partial charge on any atom is 0.309 e. The normalized spacial score (nSPS) is 18.6. The van der Waals surface area contributed by atoms with Gasteiger partial charge in [0.25, 0.3) is 0 Å². The molecule has 0 aromatic heterocycles. The lowest BCUT2D eigenvalue weighted by Gasteiger charge is -2.26. The van der Waals surface area contributed by atoms with E-state index in [1.807, 2.05) is 6.08 Å². The number of hydrogen-bond acceptors (Lipinski definition) is 3. The van der Waals surface area contributed by atoms with E-state index in [9.17, 15) is 14.7 Å². The maximum absolute atomic E-state index is 12.2. The molecule has 1 saturated carbocycles. The molecule has 0 spiro atoms. The summed E-state index contributed by atoms with van der Waals surface area (Å²) < 4.78 is 5.38. The molecule has 2 unspecified atom stereocenters. The van der Waals surface area contributed by atoms with E-state index >= 15 is 0 Å². The molecule has 31 heavy (non-hydrogen) atoms. The number of aliphatic carboxylic acids is 1. The molecule has 0 aromatic carbocycles. The minimum absolute atomic E-state index is 0.292. The van der Waals surface area contributed by atoms with Gasteiger partial charge in [-0.3, -0.25) is 9.59 Å². The summed E-state index contributed by atoms with van der Waals surface area (Å²) in [4.78, 5) is 23.5. The van der Waals surface area contributed by atoms with Crippen molar-refractivity contribution >= 4 is 11.9 Å². The molecular formula is C27H48O4. The van der Waals surface area contributed by atoms with Crippen LogP contribution in [0.3, 0.4) is 0 Å². The van der Waals surface area contributed by atoms with Gasteiger partial charge in [0.2, 0.25) is 0 Å². The number of esters is 1. The zero-order valence-corrected chi connectivity index (χ0v) is 20.0. The summed E-state index contributed by atoms with van der Waals surface area (Å²) in [5.41, 5.74) is 0. The number of ether oxygens (including phenoxy) is 1. The number of rotatable bonds is 20. The van der Waals surface area contributed by atoms with Crippen LogP contribution in [-0.4, -0.2) is 23.7 Å². The van der Waals surface area contributed by atoms with E-state index in [1.54, 1.807) is 0 Å². The van der Waals surface area contributed by atoms with Gasteiger partial charge in [0, 0.05) is 0 Å². The van der Waals surface area contributed by atoms with Crippen LogP contribution in [0.2, 0.25) is 0 Å². The molecule has 180 valence electrons. The highest BCUT2D eigenvalue weighted by Crippen LogP contribution is 2.31. The van der Waals surface area contributed by atoms with Crippen molar-refractivity contribution < 1.29 is 19.4 Å². The van der Waals surface area contributed by atoms with Crippen LogP contribution < -0.4 is 0 Å². The first-order valence-electron chi connectivity index (χ1n) is 13.2. The molecule has 1 fully saturated rings. The second-order valence-electron chi connectivity index (χ2n) is 9.38. The zero-order chi connectivity index (χ0) is 22.6. The quantitative estimate of drug-likeness (QED) is 0.120. The molecule has 1 aliphatic rings. The van der Waals surface area contributed by atoms with Gasteiger partial charge in [-0.25, -0.2) is 0 Å². The third kappa shape index (κ3) is 14.4. The van der Waals surface area contributed by atoms with E-state index in [2.05, 4.69) is 6.58 Å². The lowest BCUT2D eigenvalue weighted by molar-refractivity contribution is -0.159. The minimum Gasteiger partial charge on any atom is -0.481 e. The predicted octanol–water partition coefficient (Wildman–Crippen LogP) is 7.85. The first kappa shape index (κ1) is 27.7. The molecule has 0 radical (unpaired) electrons. The Morgan fingerprint density at radius 2 is 1.13 bits per heavy atom. The topological polar surface area (TPSA) is 63.6 Å². The smallest absolute Gasteiger partial charge is 0.309 e. The second kappa shape index (κ2) is 19.4. The van der Waals surface area contributed by atoms with Crippen molar-refractivity contribution in [2.24, 2.45) is 11.8 Å². The van der Waals surface area contributed by atoms with Crippen LogP contribution in [0.1, 0.15) is 128 Å². The second-order valence-corrected chi connectivity index (χ2v) is 9.38. The van der Waals surface area contributed by atoms with Gasteiger partial charge in [0.15, 0.2) is 0 Å². The lowest BCUT2D eigenvalue weighted by atomic mass is 9.79. The average molecular weight is 437 g/mol. The van der Waals surface area contributed by atoms with Gasteiger partial charge in [-0.05, 0) is 32.1 Å². The summed E-state index contributed by atoms with van der Waals surface area (Å²) in [6, 6.07) is 0. The highest BCUT2D eigenvalue weighted by molar-refractivity contribution is 5.81. The van der Waals surface area contributed by atoms with Crippen LogP contribution in [0.25, 0.3) is 0 Å². The van der Waals surface area contributed by atoms with Crippen LogP contribution in [0, 0.1) is 11.8 Å². The molecule has 0 saturated heterocycles. The van der Waals surface area contributed by atoms with Crippen molar-refractivity contribution in [3.05, 3.63) is 12.7 Å². The Morgan fingerprint density at radius 3 is 1.58 bits per heavy atom. The molecule has 1 rings (SSSR count). The summed E-state index contributed by atoms with van der Waals surface area (Å²) in [5.74, 6) is -2.13. The molecule has 0 amide bonds. The summed E-state index contributed by atoms with van der Waals surface area (Å²) in [7, 11) is 0. The van der Waals surface area contributed by atoms with Crippen molar-refractivity contribution in [3.8, 4) is 0 Å². The molecule has 0 heterocycles. The molecule has 4 nitrogen and oxygen atoms in total. The number of carboxylic acid groups (broad SMARTS) is 1. The van der Waals surface area contributed by atoms with Gasteiger partial charge >= 0.3 is 11.9 Å². The van der Waals surface area contributed by atoms with Crippen molar-refractivity contribution in [2.75, 3.05) is 6.61 Å². The number of carboxylic acids is 1. The molecule has 0 bridgehead atoms. The Labute approximate surface area is 191 Å². The fourth-order valence-electron chi connectivity index (χ4n) is 4.68. The Kier molecular flexibility index (Phi) is 17.3. The zero-order valence-electron chi connectivity index (χ0n) is 20.0. The Morgan fingerprint density at radius 1 is 0.710 bits per heavy atom. The third-order valence-electron chi connectivity index (χ3n) is 6.68. The van der Waals surface area contributed by atoms with Gasteiger partial charge in [0.1, 0.15) is 0 Å². The van der Waals surface area contributed by atoms with E-state index in [1.165, 1.54) is 89.9 Å². The summed E-state index contributed by atoms with van der Waals surface area (Å²) >= 11 is 0. The number of unbranched alkanes of at least 4 members (excludes halogenated alkanes) is 15. The number of hydrogen-bond donors (Lipinski definition) is 1. The average Bonchev–Trinajstić information content (AvgIpc) is 2.78. The predicted molar refractivity (Wildman–Crippen MR) is 128 cm³/mol. The Hall–Kier alpha value is -1.32. The summed E-state index contributed by atoms with van der Waals surface area (Å²) in [6.45, 7) is 4.21. The molecule has 0 aliphatic heterocycles. The number of carbonyl (C=O) groups is 2.